The molecule has 0 aliphatic carbocycles. The summed E-state index contributed by atoms with van der Waals surface area (Å²) in [6, 6.07) is 6.42. The van der Waals surface area contributed by atoms with Crippen LogP contribution in [0.2, 0.25) is 0 Å². The van der Waals surface area contributed by atoms with Crippen LogP contribution in [0.3, 0.4) is 0 Å². The Labute approximate surface area is 120 Å². The van der Waals surface area contributed by atoms with Gasteiger partial charge in [-0.05, 0) is 55.3 Å². The van der Waals surface area contributed by atoms with Gasteiger partial charge in [0.25, 0.3) is 0 Å². The van der Waals surface area contributed by atoms with Gasteiger partial charge in [-0.15, -0.1) is 0 Å². The molecule has 0 atom stereocenters. The molecular weight excluding hydrogens is 282 g/mol. The second-order valence-electron chi connectivity index (χ2n) is 4.95. The summed E-state index contributed by atoms with van der Waals surface area (Å²) in [6.07, 6.45) is 0.701. The predicted octanol–water partition coefficient (Wildman–Crippen LogP) is 3.62. The van der Waals surface area contributed by atoms with Gasteiger partial charge in [0.15, 0.2) is 0 Å². The predicted molar refractivity (Wildman–Crippen MR) is 73.0 cm³/mol. The SMILES string of the molecule is CNC(Cc1cc(F)cc(F)c1)Cc1cc(F)cc(F)c1. The first-order valence-corrected chi connectivity index (χ1v) is 6.53. The Kier molecular flexibility index (Phi) is 4.96. The lowest BCUT2D eigenvalue weighted by molar-refractivity contribution is 0.536. The molecule has 5 heteroatoms. The van der Waals surface area contributed by atoms with Crippen LogP contribution in [-0.2, 0) is 12.8 Å². The van der Waals surface area contributed by atoms with Crippen LogP contribution in [0.25, 0.3) is 0 Å². The highest BCUT2D eigenvalue weighted by molar-refractivity contribution is 5.22. The molecule has 0 unspecified atom stereocenters. The van der Waals surface area contributed by atoms with Crippen molar-refractivity contribution in [2.45, 2.75) is 18.9 Å². The van der Waals surface area contributed by atoms with E-state index in [1.807, 2.05) is 0 Å². The molecule has 0 aromatic heterocycles. The Morgan fingerprint density at radius 3 is 1.33 bits per heavy atom. The van der Waals surface area contributed by atoms with Crippen molar-refractivity contribution < 1.29 is 17.6 Å². The quantitative estimate of drug-likeness (QED) is 0.831. The summed E-state index contributed by atoms with van der Waals surface area (Å²) in [7, 11) is 1.69. The molecule has 0 spiro atoms. The summed E-state index contributed by atoms with van der Waals surface area (Å²) >= 11 is 0. The van der Waals surface area contributed by atoms with Gasteiger partial charge in [0, 0.05) is 18.2 Å². The summed E-state index contributed by atoms with van der Waals surface area (Å²) in [4.78, 5) is 0. The highest BCUT2D eigenvalue weighted by Gasteiger charge is 2.12. The first-order valence-electron chi connectivity index (χ1n) is 6.53. The van der Waals surface area contributed by atoms with Gasteiger partial charge in [-0.3, -0.25) is 0 Å². The van der Waals surface area contributed by atoms with Crippen molar-refractivity contribution in [3.05, 3.63) is 70.8 Å². The Hall–Kier alpha value is -1.88. The average Bonchev–Trinajstić information content (AvgIpc) is 2.35. The first-order chi connectivity index (χ1) is 9.96. The molecule has 0 heterocycles. The van der Waals surface area contributed by atoms with Crippen molar-refractivity contribution in [1.82, 2.24) is 5.32 Å². The number of halogens is 4. The number of likely N-dealkylation sites (N-methyl/N-ethyl adjacent to an activating group) is 1. The maximum Gasteiger partial charge on any atom is 0.126 e. The minimum Gasteiger partial charge on any atom is -0.316 e. The van der Waals surface area contributed by atoms with E-state index >= 15 is 0 Å². The van der Waals surface area contributed by atoms with Crippen LogP contribution in [0.15, 0.2) is 36.4 Å². The van der Waals surface area contributed by atoms with E-state index in [4.69, 9.17) is 0 Å². The van der Waals surface area contributed by atoms with E-state index in [0.29, 0.717) is 24.0 Å². The summed E-state index contributed by atoms with van der Waals surface area (Å²) in [5.74, 6) is -2.57. The number of hydrogen-bond acceptors (Lipinski definition) is 1. The Morgan fingerprint density at radius 2 is 1.05 bits per heavy atom. The Balaban J connectivity index is 2.12. The number of hydrogen-bond donors (Lipinski definition) is 1. The molecule has 2 aromatic carbocycles. The van der Waals surface area contributed by atoms with E-state index < -0.39 is 23.3 Å². The van der Waals surface area contributed by atoms with Crippen LogP contribution in [0.4, 0.5) is 17.6 Å². The van der Waals surface area contributed by atoms with Crippen molar-refractivity contribution in [3.8, 4) is 0 Å². The van der Waals surface area contributed by atoms with Crippen molar-refractivity contribution >= 4 is 0 Å². The molecule has 0 amide bonds. The third kappa shape index (κ3) is 4.56. The van der Waals surface area contributed by atoms with Gasteiger partial charge in [-0.1, -0.05) is 0 Å². The first kappa shape index (κ1) is 15.5. The molecule has 0 bridgehead atoms. The second kappa shape index (κ2) is 6.72. The van der Waals surface area contributed by atoms with Gasteiger partial charge in [0.2, 0.25) is 0 Å². The molecule has 21 heavy (non-hydrogen) atoms. The highest BCUT2D eigenvalue weighted by atomic mass is 19.1. The monoisotopic (exact) mass is 297 g/mol. The molecule has 2 aromatic rings. The molecule has 112 valence electrons. The minimum absolute atomic E-state index is 0.188. The fourth-order valence-corrected chi connectivity index (χ4v) is 2.30. The van der Waals surface area contributed by atoms with Gasteiger partial charge in [0.05, 0.1) is 0 Å². The Bertz CT molecular complexity index is 534. The summed E-state index contributed by atoms with van der Waals surface area (Å²) in [5.41, 5.74) is 0.979. The van der Waals surface area contributed by atoms with Crippen molar-refractivity contribution in [2.75, 3.05) is 7.05 Å². The number of rotatable bonds is 5. The molecule has 0 aliphatic heterocycles. The van der Waals surface area contributed by atoms with Crippen molar-refractivity contribution in [2.24, 2.45) is 0 Å². The van der Waals surface area contributed by atoms with Crippen LogP contribution in [0, 0.1) is 23.3 Å². The standard InChI is InChI=1S/C16H15F4N/c1-21-16(6-10-2-12(17)8-13(18)3-10)7-11-4-14(19)9-15(20)5-11/h2-5,8-9,16,21H,6-7H2,1H3. The van der Waals surface area contributed by atoms with E-state index in [0.717, 1.165) is 12.1 Å². The molecule has 0 saturated carbocycles. The van der Waals surface area contributed by atoms with E-state index in [1.165, 1.54) is 24.3 Å². The van der Waals surface area contributed by atoms with Gasteiger partial charge >= 0.3 is 0 Å². The lowest BCUT2D eigenvalue weighted by atomic mass is 9.99. The van der Waals surface area contributed by atoms with E-state index in [2.05, 4.69) is 5.32 Å². The zero-order chi connectivity index (χ0) is 15.4. The second-order valence-corrected chi connectivity index (χ2v) is 4.95. The molecule has 1 nitrogen and oxygen atoms in total. The van der Waals surface area contributed by atoms with E-state index in [9.17, 15) is 17.6 Å². The molecule has 1 N–H and O–H groups in total. The number of nitrogens with one attached hydrogen (secondary N) is 1. The Morgan fingerprint density at radius 1 is 0.714 bits per heavy atom. The van der Waals surface area contributed by atoms with Crippen molar-refractivity contribution in [3.63, 3.8) is 0 Å². The summed E-state index contributed by atoms with van der Waals surface area (Å²) in [5, 5.41) is 2.99. The van der Waals surface area contributed by atoms with Crippen LogP contribution in [0.1, 0.15) is 11.1 Å². The molecule has 0 saturated heterocycles. The third-order valence-corrected chi connectivity index (χ3v) is 3.22. The van der Waals surface area contributed by atoms with Gasteiger partial charge in [-0.25, -0.2) is 17.6 Å². The molecular formula is C16H15F4N. The van der Waals surface area contributed by atoms with Crippen LogP contribution < -0.4 is 5.32 Å². The largest absolute Gasteiger partial charge is 0.316 e. The van der Waals surface area contributed by atoms with Gasteiger partial charge < -0.3 is 5.32 Å². The van der Waals surface area contributed by atoms with E-state index in [-0.39, 0.29) is 6.04 Å². The van der Waals surface area contributed by atoms with Crippen molar-refractivity contribution in [1.29, 1.82) is 0 Å². The maximum absolute atomic E-state index is 13.2. The topological polar surface area (TPSA) is 12.0 Å². The third-order valence-electron chi connectivity index (χ3n) is 3.22. The zero-order valence-electron chi connectivity index (χ0n) is 11.5. The van der Waals surface area contributed by atoms with E-state index in [1.54, 1.807) is 7.05 Å². The molecule has 0 aliphatic rings. The normalized spacial score (nSPS) is 11.1. The van der Waals surface area contributed by atoms with Gasteiger partial charge in [0.1, 0.15) is 23.3 Å². The molecule has 2 rings (SSSR count). The summed E-state index contributed by atoms with van der Waals surface area (Å²) in [6.45, 7) is 0. The fourth-order valence-electron chi connectivity index (χ4n) is 2.30. The highest BCUT2D eigenvalue weighted by Crippen LogP contribution is 2.14. The lowest BCUT2D eigenvalue weighted by Crippen LogP contribution is -2.30. The number of benzene rings is 2. The zero-order valence-corrected chi connectivity index (χ0v) is 11.5. The van der Waals surface area contributed by atoms with Crippen LogP contribution in [0.5, 0.6) is 0 Å². The van der Waals surface area contributed by atoms with Gasteiger partial charge in [-0.2, -0.15) is 0 Å². The maximum atomic E-state index is 13.2. The minimum atomic E-state index is -0.642. The van der Waals surface area contributed by atoms with Crippen LogP contribution in [-0.4, -0.2) is 13.1 Å². The molecule has 0 radical (unpaired) electrons. The lowest BCUT2D eigenvalue weighted by Gasteiger charge is -2.16. The summed E-state index contributed by atoms with van der Waals surface area (Å²) < 4.78 is 52.6. The average molecular weight is 297 g/mol. The smallest absolute Gasteiger partial charge is 0.126 e. The van der Waals surface area contributed by atoms with Crippen LogP contribution >= 0.6 is 0 Å². The fraction of sp³-hybridized carbons (Fsp3) is 0.250. The molecule has 0 fully saturated rings.